The fourth-order valence-corrected chi connectivity index (χ4v) is 1.65. The van der Waals surface area contributed by atoms with Gasteiger partial charge in [-0.15, -0.1) is 0 Å². The number of carboxylic acids is 1. The van der Waals surface area contributed by atoms with Crippen LogP contribution in [0.2, 0.25) is 5.02 Å². The Bertz CT molecular complexity index is 507. The molecule has 0 bridgehead atoms. The van der Waals surface area contributed by atoms with Crippen LogP contribution in [0.4, 0.5) is 10.5 Å². The van der Waals surface area contributed by atoms with Gasteiger partial charge in [0, 0.05) is 17.8 Å². The number of carbonyl (C=O) groups excluding carboxylic acids is 1. The molecule has 0 saturated carbocycles. The van der Waals surface area contributed by atoms with Gasteiger partial charge in [0.05, 0.1) is 18.1 Å². The minimum Gasteiger partial charge on any atom is -0.495 e. The number of aliphatic carboxylic acids is 1. The number of halogens is 1. The molecule has 6 nitrogen and oxygen atoms in total. The van der Waals surface area contributed by atoms with Gasteiger partial charge >= 0.3 is 12.0 Å². The summed E-state index contributed by atoms with van der Waals surface area (Å²) in [5.74, 6) is -1.21. The molecule has 0 aliphatic rings. The fraction of sp³-hybridized carbons (Fsp3) is 0.385. The normalized spacial score (nSPS) is 13.2. The van der Waals surface area contributed by atoms with E-state index in [1.807, 2.05) is 0 Å². The predicted octanol–water partition coefficient (Wildman–Crippen LogP) is 2.58. The van der Waals surface area contributed by atoms with Crippen molar-refractivity contribution in [1.29, 1.82) is 0 Å². The van der Waals surface area contributed by atoms with Crippen molar-refractivity contribution in [2.75, 3.05) is 12.4 Å². The first-order valence-electron chi connectivity index (χ1n) is 5.99. The molecule has 0 fully saturated rings. The van der Waals surface area contributed by atoms with E-state index in [0.29, 0.717) is 16.5 Å². The van der Waals surface area contributed by atoms with Gasteiger partial charge in [-0.05, 0) is 26.0 Å². The number of amides is 2. The van der Waals surface area contributed by atoms with E-state index in [0.717, 1.165) is 0 Å². The minimum atomic E-state index is -0.967. The van der Waals surface area contributed by atoms with Crippen molar-refractivity contribution in [3.63, 3.8) is 0 Å². The highest BCUT2D eigenvalue weighted by molar-refractivity contribution is 6.32. The molecule has 2 amide bonds. The maximum atomic E-state index is 11.7. The van der Waals surface area contributed by atoms with Crippen molar-refractivity contribution in [1.82, 2.24) is 5.32 Å². The van der Waals surface area contributed by atoms with Crippen LogP contribution in [0.1, 0.15) is 13.8 Å². The summed E-state index contributed by atoms with van der Waals surface area (Å²) in [6.07, 6.45) is 0. The number of carboxylic acid groups (broad SMARTS) is 1. The van der Waals surface area contributed by atoms with Gasteiger partial charge < -0.3 is 20.5 Å². The third kappa shape index (κ3) is 4.31. The lowest BCUT2D eigenvalue weighted by atomic mass is 10.0. The monoisotopic (exact) mass is 300 g/mol. The largest absolute Gasteiger partial charge is 0.495 e. The van der Waals surface area contributed by atoms with Crippen LogP contribution in [0, 0.1) is 5.92 Å². The SMILES string of the molecule is COc1cc(NC(=O)NC(C)C(C)C(=O)O)ccc1Cl. The third-order valence-electron chi connectivity index (χ3n) is 2.91. The van der Waals surface area contributed by atoms with E-state index in [2.05, 4.69) is 10.6 Å². The topological polar surface area (TPSA) is 87.7 Å². The number of urea groups is 1. The van der Waals surface area contributed by atoms with Crippen molar-refractivity contribution >= 4 is 29.3 Å². The van der Waals surface area contributed by atoms with Gasteiger partial charge in [0.1, 0.15) is 5.75 Å². The lowest BCUT2D eigenvalue weighted by Gasteiger charge is -2.18. The predicted molar refractivity (Wildman–Crippen MR) is 76.4 cm³/mol. The number of nitrogens with one attached hydrogen (secondary N) is 2. The number of benzene rings is 1. The number of carbonyl (C=O) groups is 2. The van der Waals surface area contributed by atoms with Gasteiger partial charge in [-0.25, -0.2) is 4.79 Å². The summed E-state index contributed by atoms with van der Waals surface area (Å²) in [7, 11) is 1.47. The highest BCUT2D eigenvalue weighted by atomic mass is 35.5. The average molecular weight is 301 g/mol. The Morgan fingerprint density at radius 2 is 2.00 bits per heavy atom. The number of ether oxygens (including phenoxy) is 1. The van der Waals surface area contributed by atoms with Gasteiger partial charge in [-0.3, -0.25) is 4.79 Å². The third-order valence-corrected chi connectivity index (χ3v) is 3.22. The highest BCUT2D eigenvalue weighted by Crippen LogP contribution is 2.27. The maximum Gasteiger partial charge on any atom is 0.319 e. The molecule has 0 heterocycles. The Morgan fingerprint density at radius 1 is 1.35 bits per heavy atom. The summed E-state index contributed by atoms with van der Waals surface area (Å²) >= 11 is 5.88. The molecule has 3 N–H and O–H groups in total. The Kier molecular flexibility index (Phi) is 5.64. The van der Waals surface area contributed by atoms with Crippen LogP contribution < -0.4 is 15.4 Å². The summed E-state index contributed by atoms with van der Waals surface area (Å²) in [6.45, 7) is 3.15. The molecule has 0 radical (unpaired) electrons. The van der Waals surface area contributed by atoms with E-state index in [1.165, 1.54) is 14.0 Å². The lowest BCUT2D eigenvalue weighted by Crippen LogP contribution is -2.42. The van der Waals surface area contributed by atoms with Crippen LogP contribution in [-0.2, 0) is 4.79 Å². The van der Waals surface area contributed by atoms with E-state index in [4.69, 9.17) is 21.4 Å². The summed E-state index contributed by atoms with van der Waals surface area (Å²) in [6, 6.07) is 3.80. The second-order valence-corrected chi connectivity index (χ2v) is 4.77. The molecule has 0 aliphatic carbocycles. The number of rotatable bonds is 5. The molecular weight excluding hydrogens is 284 g/mol. The zero-order chi connectivity index (χ0) is 15.3. The van der Waals surface area contributed by atoms with Crippen molar-refractivity contribution in [3.8, 4) is 5.75 Å². The molecule has 0 spiro atoms. The molecule has 2 atom stereocenters. The summed E-state index contributed by atoms with van der Waals surface area (Å²) in [4.78, 5) is 22.5. The van der Waals surface area contributed by atoms with Crippen LogP contribution in [-0.4, -0.2) is 30.3 Å². The van der Waals surface area contributed by atoms with Crippen LogP contribution >= 0.6 is 11.6 Å². The smallest absolute Gasteiger partial charge is 0.319 e. The molecule has 110 valence electrons. The molecular formula is C13H17ClN2O4. The Hall–Kier alpha value is -1.95. The van der Waals surface area contributed by atoms with Crippen LogP contribution in [0.15, 0.2) is 18.2 Å². The van der Waals surface area contributed by atoms with Crippen molar-refractivity contribution in [2.45, 2.75) is 19.9 Å². The quantitative estimate of drug-likeness (QED) is 0.780. The van der Waals surface area contributed by atoms with Gasteiger partial charge in [0.15, 0.2) is 0 Å². The van der Waals surface area contributed by atoms with E-state index in [9.17, 15) is 9.59 Å². The van der Waals surface area contributed by atoms with Crippen LogP contribution in [0.25, 0.3) is 0 Å². The summed E-state index contributed by atoms with van der Waals surface area (Å²) in [5.41, 5.74) is 0.499. The van der Waals surface area contributed by atoms with Crippen LogP contribution in [0.3, 0.4) is 0 Å². The van der Waals surface area contributed by atoms with E-state index < -0.39 is 24.0 Å². The van der Waals surface area contributed by atoms with Crippen molar-refractivity contribution < 1.29 is 19.4 Å². The Balaban J connectivity index is 2.65. The Morgan fingerprint density at radius 3 is 2.55 bits per heavy atom. The van der Waals surface area contributed by atoms with Gasteiger partial charge in [-0.1, -0.05) is 11.6 Å². The number of anilines is 1. The van der Waals surface area contributed by atoms with Gasteiger partial charge in [0.2, 0.25) is 0 Å². The minimum absolute atomic E-state index is 0.436. The molecule has 2 unspecified atom stereocenters. The first kappa shape index (κ1) is 16.1. The van der Waals surface area contributed by atoms with E-state index >= 15 is 0 Å². The van der Waals surface area contributed by atoms with Crippen molar-refractivity contribution in [2.24, 2.45) is 5.92 Å². The van der Waals surface area contributed by atoms with Gasteiger partial charge in [-0.2, -0.15) is 0 Å². The standard InChI is InChI=1S/C13H17ClN2O4/c1-7(12(17)18)8(2)15-13(19)16-9-4-5-10(14)11(6-9)20-3/h4-8H,1-3H3,(H,17,18)(H2,15,16,19). The molecule has 0 aliphatic heterocycles. The number of hydrogen-bond acceptors (Lipinski definition) is 3. The summed E-state index contributed by atoms with van der Waals surface area (Å²) in [5, 5.41) is 14.4. The molecule has 0 aromatic heterocycles. The maximum absolute atomic E-state index is 11.7. The Labute approximate surface area is 122 Å². The molecule has 1 aromatic rings. The van der Waals surface area contributed by atoms with E-state index in [1.54, 1.807) is 25.1 Å². The average Bonchev–Trinajstić information content (AvgIpc) is 2.39. The zero-order valence-electron chi connectivity index (χ0n) is 11.4. The number of hydrogen-bond donors (Lipinski definition) is 3. The molecule has 0 saturated heterocycles. The lowest BCUT2D eigenvalue weighted by molar-refractivity contribution is -0.141. The first-order chi connectivity index (χ1) is 9.35. The highest BCUT2D eigenvalue weighted by Gasteiger charge is 2.20. The van der Waals surface area contributed by atoms with Gasteiger partial charge in [0.25, 0.3) is 0 Å². The second-order valence-electron chi connectivity index (χ2n) is 4.36. The molecule has 7 heteroatoms. The zero-order valence-corrected chi connectivity index (χ0v) is 12.2. The first-order valence-corrected chi connectivity index (χ1v) is 6.36. The van der Waals surface area contributed by atoms with E-state index in [-0.39, 0.29) is 0 Å². The molecule has 1 aromatic carbocycles. The fourth-order valence-electron chi connectivity index (χ4n) is 1.45. The molecule has 20 heavy (non-hydrogen) atoms. The second kappa shape index (κ2) is 7.00. The summed E-state index contributed by atoms with van der Waals surface area (Å²) < 4.78 is 5.04. The van der Waals surface area contributed by atoms with Crippen LogP contribution in [0.5, 0.6) is 5.75 Å². The van der Waals surface area contributed by atoms with Crippen molar-refractivity contribution in [3.05, 3.63) is 23.2 Å². The number of methoxy groups -OCH3 is 1. The molecule has 1 rings (SSSR count).